The molecule has 0 aromatic rings. The first-order chi connectivity index (χ1) is 11.1. The van der Waals surface area contributed by atoms with Gasteiger partial charge in [-0.2, -0.15) is 11.8 Å². The Kier molecular flexibility index (Phi) is 8.27. The van der Waals surface area contributed by atoms with Crippen LogP contribution < -0.4 is 5.73 Å². The van der Waals surface area contributed by atoms with Gasteiger partial charge in [-0.3, -0.25) is 9.59 Å². The number of hydrogen-bond donors (Lipinski definition) is 1. The zero-order valence-corrected chi connectivity index (χ0v) is 16.9. The van der Waals surface area contributed by atoms with Gasteiger partial charge in [0.05, 0.1) is 6.61 Å². The van der Waals surface area contributed by atoms with E-state index in [1.54, 1.807) is 18.7 Å². The van der Waals surface area contributed by atoms with Crippen LogP contribution in [0.4, 0.5) is 0 Å². The monoisotopic (exact) mass is 357 g/mol. The fourth-order valence-electron chi connectivity index (χ4n) is 4.46. The molecule has 5 heteroatoms. The molecule has 5 unspecified atom stereocenters. The quantitative estimate of drug-likeness (QED) is 0.671. The van der Waals surface area contributed by atoms with Gasteiger partial charge in [0.25, 0.3) is 0 Å². The van der Waals surface area contributed by atoms with E-state index in [-0.39, 0.29) is 22.6 Å². The van der Waals surface area contributed by atoms with E-state index >= 15 is 0 Å². The van der Waals surface area contributed by atoms with Gasteiger partial charge < -0.3 is 10.5 Å². The van der Waals surface area contributed by atoms with E-state index in [2.05, 4.69) is 27.7 Å². The molecule has 1 aliphatic rings. The SMILES string of the molecule is CCOC(=O)C(N)CSC(C)CC(=O)C1C(C)CC(C)CC1(C)C. The van der Waals surface area contributed by atoms with Gasteiger partial charge in [0, 0.05) is 23.3 Å². The van der Waals surface area contributed by atoms with Crippen molar-refractivity contribution in [3.8, 4) is 0 Å². The number of carbonyl (C=O) groups is 2. The van der Waals surface area contributed by atoms with Crippen LogP contribution in [-0.2, 0) is 14.3 Å². The molecular weight excluding hydrogens is 322 g/mol. The third-order valence-electron chi connectivity index (χ3n) is 5.04. The van der Waals surface area contributed by atoms with Crippen molar-refractivity contribution in [2.45, 2.75) is 72.1 Å². The third kappa shape index (κ3) is 6.07. The maximum Gasteiger partial charge on any atom is 0.323 e. The molecule has 0 radical (unpaired) electrons. The second kappa shape index (κ2) is 9.23. The first-order valence-corrected chi connectivity index (χ1v) is 10.2. The first kappa shape index (κ1) is 21.5. The number of nitrogens with two attached hydrogens (primary N) is 1. The Labute approximate surface area is 151 Å². The van der Waals surface area contributed by atoms with Gasteiger partial charge >= 0.3 is 5.97 Å². The van der Waals surface area contributed by atoms with Crippen LogP contribution in [0, 0.1) is 23.2 Å². The molecule has 0 aromatic heterocycles. The van der Waals surface area contributed by atoms with E-state index in [9.17, 15) is 9.59 Å². The topological polar surface area (TPSA) is 69.4 Å². The van der Waals surface area contributed by atoms with Crippen molar-refractivity contribution >= 4 is 23.5 Å². The van der Waals surface area contributed by atoms with Crippen LogP contribution in [0.5, 0.6) is 0 Å². The predicted molar refractivity (Wildman–Crippen MR) is 101 cm³/mol. The standard InChI is InChI=1S/C19H35NO3S/c1-7-23-18(22)15(20)11-24-14(4)9-16(21)17-13(3)8-12(2)10-19(17,5)6/h12-15,17H,7-11,20H2,1-6H3. The van der Waals surface area contributed by atoms with Crippen LogP contribution in [0.15, 0.2) is 0 Å². The van der Waals surface area contributed by atoms with Gasteiger partial charge in [0.2, 0.25) is 0 Å². The molecule has 0 bridgehead atoms. The van der Waals surface area contributed by atoms with Gasteiger partial charge in [0.15, 0.2) is 0 Å². The number of thioether (sulfide) groups is 1. The predicted octanol–water partition coefficient (Wildman–Crippen LogP) is 3.67. The highest BCUT2D eigenvalue weighted by Gasteiger charge is 2.43. The Morgan fingerprint density at radius 3 is 2.50 bits per heavy atom. The van der Waals surface area contributed by atoms with Gasteiger partial charge in [-0.25, -0.2) is 0 Å². The Bertz CT molecular complexity index is 438. The van der Waals surface area contributed by atoms with Crippen molar-refractivity contribution in [3.05, 3.63) is 0 Å². The minimum atomic E-state index is -0.613. The average Bonchev–Trinajstić information content (AvgIpc) is 2.42. The number of ketones is 1. The second-order valence-electron chi connectivity index (χ2n) is 8.16. The number of hydrogen-bond acceptors (Lipinski definition) is 5. The summed E-state index contributed by atoms with van der Waals surface area (Å²) in [5.41, 5.74) is 5.89. The normalized spacial score (nSPS) is 28.9. The summed E-state index contributed by atoms with van der Waals surface area (Å²) < 4.78 is 4.92. The molecular formula is C19H35NO3S. The number of ether oxygens (including phenoxy) is 1. The lowest BCUT2D eigenvalue weighted by molar-refractivity contribution is -0.144. The summed E-state index contributed by atoms with van der Waals surface area (Å²) in [5, 5.41) is 0.167. The Morgan fingerprint density at radius 2 is 1.96 bits per heavy atom. The van der Waals surface area contributed by atoms with Gasteiger partial charge in [-0.05, 0) is 37.0 Å². The summed E-state index contributed by atoms with van der Waals surface area (Å²) in [5.74, 6) is 1.76. The van der Waals surface area contributed by atoms with Crippen molar-refractivity contribution in [3.63, 3.8) is 0 Å². The second-order valence-corrected chi connectivity index (χ2v) is 9.63. The minimum Gasteiger partial charge on any atom is -0.465 e. The summed E-state index contributed by atoms with van der Waals surface area (Å²) >= 11 is 1.59. The minimum absolute atomic E-state index is 0.0693. The van der Waals surface area contributed by atoms with Crippen LogP contribution in [-0.4, -0.2) is 35.4 Å². The third-order valence-corrected chi connectivity index (χ3v) is 6.33. The van der Waals surface area contributed by atoms with Gasteiger partial charge in [-0.15, -0.1) is 0 Å². The van der Waals surface area contributed by atoms with E-state index in [1.165, 1.54) is 0 Å². The molecule has 5 atom stereocenters. The lowest BCUT2D eigenvalue weighted by Gasteiger charge is -2.45. The largest absolute Gasteiger partial charge is 0.465 e. The maximum absolute atomic E-state index is 12.9. The molecule has 1 aliphatic carbocycles. The van der Waals surface area contributed by atoms with Crippen molar-refractivity contribution in [2.75, 3.05) is 12.4 Å². The van der Waals surface area contributed by atoms with Crippen LogP contribution in [0.25, 0.3) is 0 Å². The van der Waals surface area contributed by atoms with Gasteiger partial charge in [-0.1, -0.05) is 34.6 Å². The molecule has 0 aliphatic heterocycles. The fraction of sp³-hybridized carbons (Fsp3) is 0.895. The summed E-state index contributed by atoms with van der Waals surface area (Å²) in [6, 6.07) is -0.613. The zero-order chi connectivity index (χ0) is 18.5. The van der Waals surface area contributed by atoms with E-state index in [4.69, 9.17) is 10.5 Å². The number of Topliss-reactive ketones (excluding diaryl/α,β-unsaturated/α-hetero) is 1. The van der Waals surface area contributed by atoms with Crippen molar-refractivity contribution in [1.29, 1.82) is 0 Å². The zero-order valence-electron chi connectivity index (χ0n) is 16.1. The molecule has 0 amide bonds. The molecule has 2 N–H and O–H groups in total. The van der Waals surface area contributed by atoms with Crippen LogP contribution in [0.2, 0.25) is 0 Å². The molecule has 4 nitrogen and oxygen atoms in total. The summed E-state index contributed by atoms with van der Waals surface area (Å²) in [4.78, 5) is 24.4. The maximum atomic E-state index is 12.9. The Hall–Kier alpha value is -0.550. The molecule has 0 spiro atoms. The van der Waals surface area contributed by atoms with E-state index in [0.717, 1.165) is 12.8 Å². The van der Waals surface area contributed by atoms with E-state index < -0.39 is 6.04 Å². The van der Waals surface area contributed by atoms with Gasteiger partial charge in [0.1, 0.15) is 11.8 Å². The van der Waals surface area contributed by atoms with Crippen LogP contribution >= 0.6 is 11.8 Å². The van der Waals surface area contributed by atoms with E-state index in [0.29, 0.717) is 36.4 Å². The summed E-state index contributed by atoms with van der Waals surface area (Å²) in [6.45, 7) is 13.1. The molecule has 1 rings (SSSR count). The molecule has 1 saturated carbocycles. The highest BCUT2D eigenvalue weighted by atomic mass is 32.2. The fourth-order valence-corrected chi connectivity index (χ4v) is 5.41. The summed E-state index contributed by atoms with van der Waals surface area (Å²) in [7, 11) is 0. The smallest absolute Gasteiger partial charge is 0.323 e. The molecule has 1 fully saturated rings. The lowest BCUT2D eigenvalue weighted by Crippen LogP contribution is -2.42. The van der Waals surface area contributed by atoms with Crippen LogP contribution in [0.1, 0.15) is 60.8 Å². The number of carbonyl (C=O) groups excluding carboxylic acids is 2. The summed E-state index contributed by atoms with van der Waals surface area (Å²) in [6.07, 6.45) is 2.80. The molecule has 24 heavy (non-hydrogen) atoms. The van der Waals surface area contributed by atoms with Crippen molar-refractivity contribution in [1.82, 2.24) is 0 Å². The van der Waals surface area contributed by atoms with E-state index in [1.807, 2.05) is 6.92 Å². The first-order valence-electron chi connectivity index (χ1n) is 9.15. The molecule has 140 valence electrons. The molecule has 0 saturated heterocycles. The number of rotatable bonds is 8. The Morgan fingerprint density at radius 1 is 1.33 bits per heavy atom. The molecule has 0 aromatic carbocycles. The van der Waals surface area contributed by atoms with Crippen LogP contribution in [0.3, 0.4) is 0 Å². The highest BCUT2D eigenvalue weighted by Crippen LogP contribution is 2.47. The average molecular weight is 358 g/mol. The lowest BCUT2D eigenvalue weighted by atomic mass is 9.59. The van der Waals surface area contributed by atoms with Crippen molar-refractivity contribution < 1.29 is 14.3 Å². The van der Waals surface area contributed by atoms with Crippen molar-refractivity contribution in [2.24, 2.45) is 28.9 Å². The number of esters is 1. The highest BCUT2D eigenvalue weighted by molar-refractivity contribution is 7.99. The Balaban J connectivity index is 2.53. The molecule has 0 heterocycles.